The highest BCUT2D eigenvalue weighted by atomic mass is 32.1. The Kier molecular flexibility index (Phi) is 4.68. The van der Waals surface area contributed by atoms with Gasteiger partial charge >= 0.3 is 17.8 Å². The summed E-state index contributed by atoms with van der Waals surface area (Å²) in [7, 11) is 4.50. The van der Waals surface area contributed by atoms with Gasteiger partial charge in [0.15, 0.2) is 0 Å². The molecule has 0 N–H and O–H groups in total. The number of fused-ring (bicyclic) bond motifs is 1. The van der Waals surface area contributed by atoms with Crippen molar-refractivity contribution in [2.75, 3.05) is 26.1 Å². The van der Waals surface area contributed by atoms with Crippen LogP contribution in [0, 0.1) is 0 Å². The van der Waals surface area contributed by atoms with Crippen LogP contribution in [0.15, 0.2) is 34.4 Å². The molecule has 1 aromatic carbocycles. The number of rotatable bonds is 3. The number of carbonyl (C=O) groups excluding carboxylic acids is 1. The molecule has 3 aromatic rings. The van der Waals surface area contributed by atoms with Crippen molar-refractivity contribution < 1.29 is 22.7 Å². The number of ether oxygens (including phenoxy) is 1. The number of methoxy groups -OCH3 is 1. The van der Waals surface area contributed by atoms with Crippen LogP contribution in [-0.2, 0) is 10.9 Å². The quantitative estimate of drug-likeness (QED) is 0.635. The van der Waals surface area contributed by atoms with Crippen LogP contribution in [0.1, 0.15) is 15.9 Å². The van der Waals surface area contributed by atoms with Crippen molar-refractivity contribution in [3.63, 3.8) is 0 Å². The zero-order valence-electron chi connectivity index (χ0n) is 14.5. The second-order valence-electron chi connectivity index (χ2n) is 5.84. The fraction of sp³-hybridized carbons (Fsp3) is 0.235. The molecule has 0 saturated carbocycles. The SMILES string of the molecule is COC(=O)c1csc(-n2c(=O)nc(N(C)C)c3ccc(C(F)(F)F)cc32)c1. The number of hydrogen-bond donors (Lipinski definition) is 0. The van der Waals surface area contributed by atoms with Crippen molar-refractivity contribution in [2.45, 2.75) is 6.18 Å². The molecule has 0 fully saturated rings. The largest absolute Gasteiger partial charge is 0.465 e. The second-order valence-corrected chi connectivity index (χ2v) is 6.73. The maximum absolute atomic E-state index is 13.2. The van der Waals surface area contributed by atoms with E-state index in [0.29, 0.717) is 5.39 Å². The summed E-state index contributed by atoms with van der Waals surface area (Å²) in [6, 6.07) is 4.52. The minimum absolute atomic E-state index is 0.0480. The van der Waals surface area contributed by atoms with E-state index in [2.05, 4.69) is 9.72 Å². The lowest BCUT2D eigenvalue weighted by atomic mass is 10.1. The van der Waals surface area contributed by atoms with E-state index >= 15 is 0 Å². The molecule has 3 rings (SSSR count). The van der Waals surface area contributed by atoms with Gasteiger partial charge in [0, 0.05) is 24.9 Å². The van der Waals surface area contributed by atoms with Crippen molar-refractivity contribution in [2.24, 2.45) is 0 Å². The molecular weight excluding hydrogens is 383 g/mol. The Morgan fingerprint density at radius 3 is 2.56 bits per heavy atom. The molecule has 0 atom stereocenters. The Morgan fingerprint density at radius 1 is 1.26 bits per heavy atom. The van der Waals surface area contributed by atoms with Crippen LogP contribution >= 0.6 is 11.3 Å². The van der Waals surface area contributed by atoms with E-state index in [1.54, 1.807) is 19.0 Å². The van der Waals surface area contributed by atoms with E-state index in [4.69, 9.17) is 0 Å². The number of carbonyl (C=O) groups is 1. The molecule has 0 spiro atoms. The van der Waals surface area contributed by atoms with Crippen LogP contribution in [0.2, 0.25) is 0 Å². The summed E-state index contributed by atoms with van der Waals surface area (Å²) in [5.41, 5.74) is -1.39. The summed E-state index contributed by atoms with van der Waals surface area (Å²) in [5, 5.41) is 2.11. The summed E-state index contributed by atoms with van der Waals surface area (Å²) in [6.07, 6.45) is -4.57. The zero-order valence-corrected chi connectivity index (χ0v) is 15.3. The molecule has 0 bridgehead atoms. The molecule has 0 unspecified atom stereocenters. The highest BCUT2D eigenvalue weighted by Gasteiger charge is 2.31. The maximum Gasteiger partial charge on any atom is 0.416 e. The maximum atomic E-state index is 13.2. The molecule has 0 aliphatic rings. The fourth-order valence-corrected chi connectivity index (χ4v) is 3.50. The molecule has 0 radical (unpaired) electrons. The molecule has 6 nitrogen and oxygen atoms in total. The van der Waals surface area contributed by atoms with E-state index in [-0.39, 0.29) is 21.9 Å². The van der Waals surface area contributed by atoms with E-state index in [0.717, 1.165) is 28.0 Å². The molecular formula is C17H14F3N3O3S. The fourth-order valence-electron chi connectivity index (χ4n) is 2.61. The van der Waals surface area contributed by atoms with Crippen LogP contribution in [0.25, 0.3) is 15.9 Å². The monoisotopic (exact) mass is 397 g/mol. The number of halogens is 3. The Labute approximate surface area is 155 Å². The van der Waals surface area contributed by atoms with Crippen LogP contribution in [0.4, 0.5) is 19.0 Å². The third-order valence-electron chi connectivity index (χ3n) is 3.85. The van der Waals surface area contributed by atoms with Gasteiger partial charge in [0.2, 0.25) is 0 Å². The van der Waals surface area contributed by atoms with Gasteiger partial charge in [-0.15, -0.1) is 11.3 Å². The molecule has 0 aliphatic heterocycles. The van der Waals surface area contributed by atoms with Crippen molar-refractivity contribution in [1.82, 2.24) is 9.55 Å². The first-order valence-corrected chi connectivity index (χ1v) is 8.50. The van der Waals surface area contributed by atoms with Crippen LogP contribution in [0.5, 0.6) is 0 Å². The Morgan fingerprint density at radius 2 is 1.96 bits per heavy atom. The summed E-state index contributed by atoms with van der Waals surface area (Å²) in [6.45, 7) is 0. The van der Waals surface area contributed by atoms with Gasteiger partial charge in [-0.3, -0.25) is 4.57 Å². The number of hydrogen-bond acceptors (Lipinski definition) is 6. The second kappa shape index (κ2) is 6.69. The van der Waals surface area contributed by atoms with Gasteiger partial charge in [0.05, 0.1) is 23.8 Å². The van der Waals surface area contributed by atoms with E-state index in [9.17, 15) is 22.8 Å². The number of benzene rings is 1. The summed E-state index contributed by atoms with van der Waals surface area (Å²) in [5.74, 6) is -0.353. The molecule has 10 heteroatoms. The Hall–Kier alpha value is -2.88. The standard InChI is InChI=1S/C17H14F3N3O3S/c1-22(2)14-11-5-4-10(17(18,19)20)7-12(11)23(16(25)21-14)13-6-9(8-27-13)15(24)26-3/h4-8H,1-3H3. The van der Waals surface area contributed by atoms with Crippen molar-refractivity contribution in [3.05, 3.63) is 51.3 Å². The molecule has 2 aromatic heterocycles. The highest BCUT2D eigenvalue weighted by molar-refractivity contribution is 7.12. The van der Waals surface area contributed by atoms with E-state index in [1.807, 2.05) is 0 Å². The molecule has 27 heavy (non-hydrogen) atoms. The summed E-state index contributed by atoms with van der Waals surface area (Å²) >= 11 is 1.03. The van der Waals surface area contributed by atoms with E-state index < -0.39 is 23.4 Å². The number of alkyl halides is 3. The first-order chi connectivity index (χ1) is 12.6. The van der Waals surface area contributed by atoms with Crippen molar-refractivity contribution in [1.29, 1.82) is 0 Å². The van der Waals surface area contributed by atoms with Gasteiger partial charge in [-0.1, -0.05) is 0 Å². The first-order valence-electron chi connectivity index (χ1n) is 7.62. The van der Waals surface area contributed by atoms with Gasteiger partial charge in [-0.2, -0.15) is 18.2 Å². The molecule has 0 aliphatic carbocycles. The highest BCUT2D eigenvalue weighted by Crippen LogP contribution is 2.34. The van der Waals surface area contributed by atoms with Gasteiger partial charge in [0.25, 0.3) is 0 Å². The molecule has 0 amide bonds. The lowest BCUT2D eigenvalue weighted by molar-refractivity contribution is -0.137. The molecule has 142 valence electrons. The molecule has 0 saturated heterocycles. The minimum atomic E-state index is -4.57. The zero-order chi connectivity index (χ0) is 19.9. The Balaban J connectivity index is 2.35. The average Bonchev–Trinajstić information content (AvgIpc) is 3.08. The average molecular weight is 397 g/mol. The summed E-state index contributed by atoms with van der Waals surface area (Å²) in [4.78, 5) is 29.8. The molecule has 2 heterocycles. The van der Waals surface area contributed by atoms with Gasteiger partial charge in [0.1, 0.15) is 10.8 Å². The number of thiophene rings is 1. The minimum Gasteiger partial charge on any atom is -0.465 e. The number of anilines is 1. The van der Waals surface area contributed by atoms with Crippen LogP contribution in [0.3, 0.4) is 0 Å². The Bertz CT molecular complexity index is 1090. The lowest BCUT2D eigenvalue weighted by Crippen LogP contribution is -2.25. The van der Waals surface area contributed by atoms with E-state index in [1.165, 1.54) is 24.6 Å². The van der Waals surface area contributed by atoms with Gasteiger partial charge in [-0.25, -0.2) is 9.59 Å². The van der Waals surface area contributed by atoms with Crippen LogP contribution < -0.4 is 10.6 Å². The predicted octanol–water partition coefficient (Wildman–Crippen LogP) is 3.32. The third kappa shape index (κ3) is 3.39. The van der Waals surface area contributed by atoms with Gasteiger partial charge < -0.3 is 9.64 Å². The summed E-state index contributed by atoms with van der Waals surface area (Å²) < 4.78 is 45.3. The topological polar surface area (TPSA) is 64.4 Å². The third-order valence-corrected chi connectivity index (χ3v) is 4.76. The smallest absolute Gasteiger partial charge is 0.416 e. The predicted molar refractivity (Wildman–Crippen MR) is 95.9 cm³/mol. The normalized spacial score (nSPS) is 11.6. The number of aromatic nitrogens is 2. The van der Waals surface area contributed by atoms with Crippen LogP contribution in [-0.4, -0.2) is 36.7 Å². The lowest BCUT2D eigenvalue weighted by Gasteiger charge is -2.17. The number of nitrogens with zero attached hydrogens (tertiary/aromatic N) is 3. The van der Waals surface area contributed by atoms with Crippen molar-refractivity contribution >= 4 is 34.0 Å². The van der Waals surface area contributed by atoms with Crippen molar-refractivity contribution in [3.8, 4) is 5.00 Å². The first kappa shape index (κ1) is 18.9. The van der Waals surface area contributed by atoms with Gasteiger partial charge in [-0.05, 0) is 24.3 Å². The number of esters is 1.